The SMILES string of the molecule is Cc1ccc(N2CC(c3ccccc3)=[N+]([O-])C2c2ccc(N(C)C)cc2)cc1. The van der Waals surface area contributed by atoms with E-state index in [1.165, 1.54) is 10.3 Å². The average molecular weight is 371 g/mol. The molecule has 1 aliphatic rings. The molecular weight excluding hydrogens is 346 g/mol. The van der Waals surface area contributed by atoms with Gasteiger partial charge in [0, 0.05) is 36.6 Å². The van der Waals surface area contributed by atoms with E-state index in [1.54, 1.807) is 0 Å². The third-order valence-corrected chi connectivity index (χ3v) is 5.28. The van der Waals surface area contributed by atoms with Crippen molar-refractivity contribution in [2.24, 2.45) is 0 Å². The summed E-state index contributed by atoms with van der Waals surface area (Å²) in [6.45, 7) is 2.66. The fourth-order valence-electron chi connectivity index (χ4n) is 3.67. The second-order valence-electron chi connectivity index (χ2n) is 7.46. The molecule has 0 amide bonds. The molecule has 0 aromatic heterocycles. The molecule has 3 aromatic carbocycles. The average Bonchev–Trinajstić information content (AvgIpc) is 3.06. The Hall–Kier alpha value is -3.27. The van der Waals surface area contributed by atoms with Crippen LogP contribution in [-0.2, 0) is 0 Å². The van der Waals surface area contributed by atoms with Crippen molar-refractivity contribution in [2.45, 2.75) is 13.1 Å². The Morgan fingerprint density at radius 2 is 1.54 bits per heavy atom. The molecule has 4 nitrogen and oxygen atoms in total. The summed E-state index contributed by atoms with van der Waals surface area (Å²) in [7, 11) is 4.04. The van der Waals surface area contributed by atoms with Crippen molar-refractivity contribution in [3.05, 3.63) is 101 Å². The Morgan fingerprint density at radius 3 is 2.14 bits per heavy atom. The topological polar surface area (TPSA) is 32.5 Å². The summed E-state index contributed by atoms with van der Waals surface area (Å²) in [5.41, 5.74) is 6.14. The van der Waals surface area contributed by atoms with Gasteiger partial charge in [0.1, 0.15) is 6.54 Å². The third-order valence-electron chi connectivity index (χ3n) is 5.28. The van der Waals surface area contributed by atoms with Gasteiger partial charge in [-0.05, 0) is 55.5 Å². The van der Waals surface area contributed by atoms with Crippen LogP contribution in [0.15, 0.2) is 78.9 Å². The summed E-state index contributed by atoms with van der Waals surface area (Å²) < 4.78 is 1.17. The van der Waals surface area contributed by atoms with Crippen molar-refractivity contribution < 1.29 is 4.74 Å². The standard InChI is InChI=1S/C24H25N3O/c1-18-9-13-22(14-10-18)26-17-23(19-7-5-4-6-8-19)27(28)24(26)20-11-15-21(16-12-20)25(2)3/h4-16,24H,17H2,1-3H3. The Labute approximate surface area is 166 Å². The Balaban J connectivity index is 1.78. The lowest BCUT2D eigenvalue weighted by Gasteiger charge is -2.25. The number of hydroxylamine groups is 1. The Bertz CT molecular complexity index is 977. The number of hydrogen-bond acceptors (Lipinski definition) is 3. The molecule has 142 valence electrons. The van der Waals surface area contributed by atoms with Crippen LogP contribution in [0, 0.1) is 12.1 Å². The van der Waals surface area contributed by atoms with Crippen molar-refractivity contribution in [3.8, 4) is 0 Å². The van der Waals surface area contributed by atoms with Gasteiger partial charge >= 0.3 is 0 Å². The van der Waals surface area contributed by atoms with Crippen molar-refractivity contribution in [1.82, 2.24) is 0 Å². The minimum Gasteiger partial charge on any atom is -0.622 e. The molecule has 0 radical (unpaired) electrons. The molecule has 1 atom stereocenters. The van der Waals surface area contributed by atoms with Crippen molar-refractivity contribution in [3.63, 3.8) is 0 Å². The van der Waals surface area contributed by atoms with E-state index in [0.29, 0.717) is 6.54 Å². The first-order chi connectivity index (χ1) is 13.5. The first-order valence-electron chi connectivity index (χ1n) is 9.53. The van der Waals surface area contributed by atoms with Gasteiger partial charge < -0.3 is 10.1 Å². The zero-order chi connectivity index (χ0) is 19.7. The number of anilines is 2. The highest BCUT2D eigenvalue weighted by Gasteiger charge is 2.38. The van der Waals surface area contributed by atoms with Crippen LogP contribution in [0.5, 0.6) is 0 Å². The molecule has 1 aliphatic heterocycles. The van der Waals surface area contributed by atoms with Crippen molar-refractivity contribution in [2.75, 3.05) is 30.4 Å². The van der Waals surface area contributed by atoms with Gasteiger partial charge in [-0.25, -0.2) is 0 Å². The molecule has 0 bridgehead atoms. The molecule has 4 rings (SSSR count). The summed E-state index contributed by atoms with van der Waals surface area (Å²) in [5, 5.41) is 13.4. The maximum Gasteiger partial charge on any atom is 0.266 e. The monoisotopic (exact) mass is 371 g/mol. The normalized spacial score (nSPS) is 16.5. The fourth-order valence-corrected chi connectivity index (χ4v) is 3.67. The van der Waals surface area contributed by atoms with Crippen LogP contribution in [0.1, 0.15) is 22.9 Å². The minimum atomic E-state index is -0.380. The van der Waals surface area contributed by atoms with E-state index in [1.807, 2.05) is 44.4 Å². The van der Waals surface area contributed by atoms with E-state index >= 15 is 0 Å². The molecule has 28 heavy (non-hydrogen) atoms. The largest absolute Gasteiger partial charge is 0.622 e. The van der Waals surface area contributed by atoms with E-state index in [4.69, 9.17) is 0 Å². The lowest BCUT2D eigenvalue weighted by Crippen LogP contribution is -2.28. The molecule has 4 heteroatoms. The molecular formula is C24H25N3O. The molecule has 0 aliphatic carbocycles. The predicted octanol–water partition coefficient (Wildman–Crippen LogP) is 4.58. The number of rotatable bonds is 4. The number of aryl methyl sites for hydroxylation is 1. The third kappa shape index (κ3) is 3.33. The summed E-state index contributed by atoms with van der Waals surface area (Å²) >= 11 is 0. The van der Waals surface area contributed by atoms with E-state index in [0.717, 1.165) is 28.2 Å². The minimum absolute atomic E-state index is 0.380. The molecule has 0 N–H and O–H groups in total. The van der Waals surface area contributed by atoms with Crippen molar-refractivity contribution >= 4 is 17.1 Å². The first kappa shape index (κ1) is 18.1. The molecule has 0 saturated carbocycles. The van der Waals surface area contributed by atoms with Gasteiger partial charge in [0.2, 0.25) is 5.71 Å². The van der Waals surface area contributed by atoms with Crippen LogP contribution >= 0.6 is 0 Å². The lowest BCUT2D eigenvalue weighted by molar-refractivity contribution is -0.497. The molecule has 1 unspecified atom stereocenters. The highest BCUT2D eigenvalue weighted by molar-refractivity contribution is 6.01. The molecule has 1 heterocycles. The molecule has 0 saturated heterocycles. The van der Waals surface area contributed by atoms with Gasteiger partial charge in [0.15, 0.2) is 0 Å². The van der Waals surface area contributed by atoms with Crippen LogP contribution in [0.3, 0.4) is 0 Å². The molecule has 0 fully saturated rings. The zero-order valence-corrected chi connectivity index (χ0v) is 16.5. The van der Waals surface area contributed by atoms with Crippen LogP contribution in [0.4, 0.5) is 11.4 Å². The molecule has 0 spiro atoms. The van der Waals surface area contributed by atoms with Crippen LogP contribution in [-0.4, -0.2) is 31.1 Å². The predicted molar refractivity (Wildman–Crippen MR) is 116 cm³/mol. The van der Waals surface area contributed by atoms with Gasteiger partial charge in [-0.2, -0.15) is 4.74 Å². The van der Waals surface area contributed by atoms with Gasteiger partial charge in [-0.1, -0.05) is 35.9 Å². The summed E-state index contributed by atoms with van der Waals surface area (Å²) in [6, 6.07) is 26.6. The fraction of sp³-hybridized carbons (Fsp3) is 0.208. The van der Waals surface area contributed by atoms with Gasteiger partial charge in [-0.15, -0.1) is 0 Å². The smallest absolute Gasteiger partial charge is 0.266 e. The van der Waals surface area contributed by atoms with Crippen molar-refractivity contribution in [1.29, 1.82) is 0 Å². The second kappa shape index (κ2) is 7.39. The van der Waals surface area contributed by atoms with Crippen LogP contribution in [0.25, 0.3) is 0 Å². The first-order valence-corrected chi connectivity index (χ1v) is 9.53. The highest BCUT2D eigenvalue weighted by atomic mass is 16.5. The maximum atomic E-state index is 13.4. The molecule has 3 aromatic rings. The number of benzene rings is 3. The Kier molecular flexibility index (Phi) is 4.78. The highest BCUT2D eigenvalue weighted by Crippen LogP contribution is 2.33. The van der Waals surface area contributed by atoms with E-state index in [9.17, 15) is 5.21 Å². The second-order valence-corrected chi connectivity index (χ2v) is 7.46. The van der Waals surface area contributed by atoms with Crippen LogP contribution < -0.4 is 9.80 Å². The van der Waals surface area contributed by atoms with Gasteiger partial charge in [0.05, 0.1) is 0 Å². The quantitative estimate of drug-likeness (QED) is 0.497. The maximum absolute atomic E-state index is 13.4. The Morgan fingerprint density at radius 1 is 0.893 bits per heavy atom. The van der Waals surface area contributed by atoms with Gasteiger partial charge in [-0.3, -0.25) is 4.90 Å². The lowest BCUT2D eigenvalue weighted by atomic mass is 10.1. The van der Waals surface area contributed by atoms with E-state index in [2.05, 4.69) is 65.3 Å². The van der Waals surface area contributed by atoms with E-state index < -0.39 is 0 Å². The number of hydrogen-bond donors (Lipinski definition) is 0. The summed E-state index contributed by atoms with van der Waals surface area (Å²) in [6.07, 6.45) is -0.380. The van der Waals surface area contributed by atoms with E-state index in [-0.39, 0.29) is 6.17 Å². The van der Waals surface area contributed by atoms with Crippen LogP contribution in [0.2, 0.25) is 0 Å². The summed E-state index contributed by atoms with van der Waals surface area (Å²) in [4.78, 5) is 4.24. The summed E-state index contributed by atoms with van der Waals surface area (Å²) in [5.74, 6) is 0. The zero-order valence-electron chi connectivity index (χ0n) is 16.5. The van der Waals surface area contributed by atoms with Gasteiger partial charge in [0.25, 0.3) is 6.17 Å². The number of nitrogens with zero attached hydrogens (tertiary/aromatic N) is 3.